The molecular formula is C11H10INO. The van der Waals surface area contributed by atoms with Crippen molar-refractivity contribution < 1.29 is 4.79 Å². The summed E-state index contributed by atoms with van der Waals surface area (Å²) in [5.74, 6) is 0.115. The van der Waals surface area contributed by atoms with Crippen LogP contribution < -0.4 is 5.32 Å². The molecule has 1 aromatic rings. The fraction of sp³-hybridized carbons (Fsp3) is 0.364. The van der Waals surface area contributed by atoms with Crippen molar-refractivity contribution in [3.63, 3.8) is 0 Å². The molecule has 1 fully saturated rings. The van der Waals surface area contributed by atoms with Crippen molar-refractivity contribution in [1.29, 1.82) is 0 Å². The molecule has 1 spiro atoms. The van der Waals surface area contributed by atoms with Crippen LogP contribution in [0.5, 0.6) is 0 Å². The maximum atomic E-state index is 11.7. The van der Waals surface area contributed by atoms with Crippen LogP contribution in [0.1, 0.15) is 34.3 Å². The highest BCUT2D eigenvalue weighted by Crippen LogP contribution is 2.50. The molecule has 0 aromatic heterocycles. The summed E-state index contributed by atoms with van der Waals surface area (Å²) in [6.45, 7) is 0. The van der Waals surface area contributed by atoms with E-state index in [1.165, 1.54) is 11.1 Å². The summed E-state index contributed by atoms with van der Waals surface area (Å²) in [5.41, 5.74) is 3.39. The van der Waals surface area contributed by atoms with Gasteiger partial charge in [0, 0.05) is 9.99 Å². The zero-order valence-electron chi connectivity index (χ0n) is 7.64. The molecule has 2 nitrogen and oxygen atoms in total. The minimum Gasteiger partial charge on any atom is -0.342 e. The van der Waals surface area contributed by atoms with E-state index in [2.05, 4.69) is 40.0 Å². The van der Waals surface area contributed by atoms with Crippen LogP contribution in [0.25, 0.3) is 0 Å². The first-order valence-corrected chi connectivity index (χ1v) is 6.30. The third-order valence-corrected chi connectivity index (χ3v) is 3.98. The molecule has 0 bridgehead atoms. The fourth-order valence-electron chi connectivity index (χ4n) is 2.15. The van der Waals surface area contributed by atoms with Crippen molar-refractivity contribution in [2.24, 2.45) is 0 Å². The van der Waals surface area contributed by atoms with Crippen LogP contribution in [0.3, 0.4) is 0 Å². The number of hydrogen-bond acceptors (Lipinski definition) is 1. The second kappa shape index (κ2) is 2.72. The Bertz CT molecular complexity index is 423. The quantitative estimate of drug-likeness (QED) is 0.626. The maximum Gasteiger partial charge on any atom is 0.252 e. The Morgan fingerprint density at radius 2 is 2.21 bits per heavy atom. The van der Waals surface area contributed by atoms with Gasteiger partial charge in [-0.25, -0.2) is 0 Å². The molecule has 1 N–H and O–H groups in total. The molecular weight excluding hydrogens is 289 g/mol. The van der Waals surface area contributed by atoms with E-state index >= 15 is 0 Å². The summed E-state index contributed by atoms with van der Waals surface area (Å²) in [6, 6.07) is 6.28. The van der Waals surface area contributed by atoms with Gasteiger partial charge >= 0.3 is 0 Å². The van der Waals surface area contributed by atoms with Gasteiger partial charge in [-0.15, -0.1) is 0 Å². The predicted octanol–water partition coefficient (Wildman–Crippen LogP) is 2.35. The lowest BCUT2D eigenvalue weighted by molar-refractivity contribution is 0.0952. The molecule has 72 valence electrons. The number of hydrogen-bond donors (Lipinski definition) is 1. The van der Waals surface area contributed by atoms with Gasteiger partial charge < -0.3 is 5.32 Å². The summed E-state index contributed by atoms with van der Waals surface area (Å²) >= 11 is 2.32. The highest BCUT2D eigenvalue weighted by molar-refractivity contribution is 14.1. The first kappa shape index (κ1) is 8.71. The second-order valence-electron chi connectivity index (χ2n) is 4.05. The number of amides is 1. The fourth-order valence-corrected chi connectivity index (χ4v) is 2.63. The Morgan fingerprint density at radius 3 is 2.86 bits per heavy atom. The molecule has 14 heavy (non-hydrogen) atoms. The first-order valence-electron chi connectivity index (χ1n) is 4.77. The number of benzene rings is 1. The van der Waals surface area contributed by atoms with E-state index in [0.717, 1.165) is 22.8 Å². The third kappa shape index (κ3) is 1.05. The molecule has 3 rings (SSSR count). The van der Waals surface area contributed by atoms with Crippen LogP contribution >= 0.6 is 22.6 Å². The lowest BCUT2D eigenvalue weighted by Crippen LogP contribution is -2.25. The van der Waals surface area contributed by atoms with Crippen molar-refractivity contribution >= 4 is 28.5 Å². The molecule has 2 aliphatic rings. The Kier molecular flexibility index (Phi) is 1.69. The summed E-state index contributed by atoms with van der Waals surface area (Å²) in [5, 5.41) is 3.08. The van der Waals surface area contributed by atoms with Crippen molar-refractivity contribution in [3.05, 3.63) is 34.9 Å². The Balaban J connectivity index is 2.17. The van der Waals surface area contributed by atoms with E-state index < -0.39 is 0 Å². The van der Waals surface area contributed by atoms with Gasteiger partial charge in [0.2, 0.25) is 0 Å². The first-order chi connectivity index (χ1) is 6.75. The zero-order valence-corrected chi connectivity index (χ0v) is 9.80. The third-order valence-electron chi connectivity index (χ3n) is 3.10. The summed E-state index contributed by atoms with van der Waals surface area (Å²) in [4.78, 5) is 11.7. The largest absolute Gasteiger partial charge is 0.342 e. The van der Waals surface area contributed by atoms with Crippen LogP contribution in [0, 0.1) is 0 Å². The van der Waals surface area contributed by atoms with Crippen molar-refractivity contribution in [2.45, 2.75) is 22.8 Å². The van der Waals surface area contributed by atoms with Crippen molar-refractivity contribution in [3.8, 4) is 0 Å². The van der Waals surface area contributed by atoms with E-state index in [4.69, 9.17) is 0 Å². The van der Waals surface area contributed by atoms with Gasteiger partial charge in [-0.05, 0) is 30.0 Å². The average molecular weight is 299 g/mol. The van der Waals surface area contributed by atoms with E-state index in [-0.39, 0.29) is 11.4 Å². The van der Waals surface area contributed by atoms with E-state index in [1.54, 1.807) is 0 Å². The molecule has 1 saturated carbocycles. The van der Waals surface area contributed by atoms with Crippen molar-refractivity contribution in [2.75, 3.05) is 0 Å². The van der Waals surface area contributed by atoms with Gasteiger partial charge in [0.1, 0.15) is 0 Å². The van der Waals surface area contributed by atoms with E-state index in [9.17, 15) is 4.79 Å². The standard InChI is InChI=1S/C11H10INO/c12-6-7-1-2-9-8(5-7)10(14)13-11(9)3-4-11/h1-2,5H,3-4,6H2,(H,13,14). The van der Waals surface area contributed by atoms with Crippen LogP contribution in [-0.4, -0.2) is 5.91 Å². The van der Waals surface area contributed by atoms with Gasteiger partial charge in [-0.3, -0.25) is 4.79 Å². The highest BCUT2D eigenvalue weighted by Gasteiger charge is 2.51. The van der Waals surface area contributed by atoms with Gasteiger partial charge in [0.25, 0.3) is 5.91 Å². The predicted molar refractivity (Wildman–Crippen MR) is 62.5 cm³/mol. The van der Waals surface area contributed by atoms with E-state index in [0.29, 0.717) is 0 Å². The Hall–Kier alpha value is -0.580. The lowest BCUT2D eigenvalue weighted by Gasteiger charge is -2.07. The number of fused-ring (bicyclic) bond motifs is 2. The molecule has 0 radical (unpaired) electrons. The van der Waals surface area contributed by atoms with E-state index in [1.807, 2.05) is 6.07 Å². The number of alkyl halides is 1. The van der Waals surface area contributed by atoms with Gasteiger partial charge in [0.05, 0.1) is 5.54 Å². The lowest BCUT2D eigenvalue weighted by atomic mass is 10.0. The molecule has 3 heteroatoms. The zero-order chi connectivity index (χ0) is 9.76. The molecule has 1 aliphatic heterocycles. The molecule has 1 heterocycles. The number of carbonyl (C=O) groups excluding carboxylic acids is 1. The normalized spacial score (nSPS) is 20.8. The number of rotatable bonds is 1. The van der Waals surface area contributed by atoms with Gasteiger partial charge in [-0.2, -0.15) is 0 Å². The van der Waals surface area contributed by atoms with Gasteiger partial charge in [-0.1, -0.05) is 34.7 Å². The monoisotopic (exact) mass is 299 g/mol. The van der Waals surface area contributed by atoms with Gasteiger partial charge in [0.15, 0.2) is 0 Å². The molecule has 0 atom stereocenters. The Labute approximate surface area is 96.2 Å². The number of halogens is 1. The second-order valence-corrected chi connectivity index (χ2v) is 4.81. The number of carbonyl (C=O) groups is 1. The van der Waals surface area contributed by atoms with Crippen LogP contribution in [0.2, 0.25) is 0 Å². The number of nitrogens with one attached hydrogen (secondary N) is 1. The molecule has 1 amide bonds. The molecule has 0 unspecified atom stereocenters. The molecule has 1 aliphatic carbocycles. The summed E-state index contributed by atoms with van der Waals surface area (Å²) in [6.07, 6.45) is 2.21. The smallest absolute Gasteiger partial charge is 0.252 e. The van der Waals surface area contributed by atoms with Crippen LogP contribution in [0.15, 0.2) is 18.2 Å². The topological polar surface area (TPSA) is 29.1 Å². The molecule has 0 saturated heterocycles. The highest BCUT2D eigenvalue weighted by atomic mass is 127. The Morgan fingerprint density at radius 1 is 1.43 bits per heavy atom. The SMILES string of the molecule is O=C1NC2(CC2)c2ccc(CI)cc21. The minimum absolute atomic E-state index is 0.0379. The van der Waals surface area contributed by atoms with Crippen LogP contribution in [0.4, 0.5) is 0 Å². The van der Waals surface area contributed by atoms with Crippen LogP contribution in [-0.2, 0) is 9.97 Å². The maximum absolute atomic E-state index is 11.7. The summed E-state index contributed by atoms with van der Waals surface area (Å²) < 4.78 is 0.964. The minimum atomic E-state index is 0.0379. The summed E-state index contributed by atoms with van der Waals surface area (Å²) in [7, 11) is 0. The average Bonchev–Trinajstić information content (AvgIpc) is 2.91. The molecule has 1 aromatic carbocycles. The van der Waals surface area contributed by atoms with Crippen molar-refractivity contribution in [1.82, 2.24) is 5.32 Å².